The summed E-state index contributed by atoms with van der Waals surface area (Å²) >= 11 is 3.32. The quantitative estimate of drug-likeness (QED) is 0.771. The molecule has 0 saturated heterocycles. The van der Waals surface area contributed by atoms with Gasteiger partial charge in [-0.3, -0.25) is 4.79 Å². The number of carbonyl (C=O) groups is 1. The van der Waals surface area contributed by atoms with Crippen molar-refractivity contribution in [3.63, 3.8) is 0 Å². The Kier molecular flexibility index (Phi) is 5.61. The van der Waals surface area contributed by atoms with E-state index < -0.39 is 0 Å². The molecule has 0 bridgehead atoms. The monoisotopic (exact) mass is 277 g/mol. The van der Waals surface area contributed by atoms with Crippen molar-refractivity contribution in [2.24, 2.45) is 5.92 Å². The molecular weight excluding hydrogens is 258 g/mol. The van der Waals surface area contributed by atoms with E-state index in [0.717, 1.165) is 38.6 Å². The van der Waals surface area contributed by atoms with Gasteiger partial charge in [0.15, 0.2) is 0 Å². The van der Waals surface area contributed by atoms with E-state index in [4.69, 9.17) is 0 Å². The number of hydrogen-bond acceptors (Lipinski definition) is 2. The SMILES string of the molecule is CCC(Br)C(=O)NCC1CCC(O)CC1. The Labute approximate surface area is 99.8 Å². The predicted molar refractivity (Wildman–Crippen MR) is 64.0 cm³/mol. The lowest BCUT2D eigenvalue weighted by Gasteiger charge is -2.25. The summed E-state index contributed by atoms with van der Waals surface area (Å²) < 4.78 is 0. The number of amides is 1. The highest BCUT2D eigenvalue weighted by atomic mass is 79.9. The summed E-state index contributed by atoms with van der Waals surface area (Å²) in [6, 6.07) is 0. The molecule has 2 N–H and O–H groups in total. The van der Waals surface area contributed by atoms with Gasteiger partial charge in [-0.05, 0) is 38.0 Å². The van der Waals surface area contributed by atoms with Crippen molar-refractivity contribution >= 4 is 21.8 Å². The van der Waals surface area contributed by atoms with Crippen molar-refractivity contribution in [1.82, 2.24) is 5.32 Å². The smallest absolute Gasteiger partial charge is 0.233 e. The summed E-state index contributed by atoms with van der Waals surface area (Å²) in [6.45, 7) is 2.74. The highest BCUT2D eigenvalue weighted by Gasteiger charge is 2.20. The van der Waals surface area contributed by atoms with Gasteiger partial charge >= 0.3 is 0 Å². The van der Waals surface area contributed by atoms with Crippen molar-refractivity contribution in [3.05, 3.63) is 0 Å². The molecule has 0 heterocycles. The third-order valence-corrected chi connectivity index (χ3v) is 4.09. The molecule has 15 heavy (non-hydrogen) atoms. The first-order valence-electron chi connectivity index (χ1n) is 5.73. The minimum atomic E-state index is -0.114. The molecular formula is C11H20BrNO2. The first kappa shape index (κ1) is 13.0. The van der Waals surface area contributed by atoms with Crippen LogP contribution in [0.25, 0.3) is 0 Å². The second-order valence-corrected chi connectivity index (χ2v) is 5.40. The molecule has 1 amide bonds. The molecule has 4 heteroatoms. The van der Waals surface area contributed by atoms with Gasteiger partial charge in [0.2, 0.25) is 5.91 Å². The summed E-state index contributed by atoms with van der Waals surface area (Å²) in [5.74, 6) is 0.637. The third kappa shape index (κ3) is 4.51. The van der Waals surface area contributed by atoms with E-state index in [1.165, 1.54) is 0 Å². The van der Waals surface area contributed by atoms with Gasteiger partial charge in [0.1, 0.15) is 0 Å². The molecule has 1 atom stereocenters. The van der Waals surface area contributed by atoms with Crippen molar-refractivity contribution in [2.75, 3.05) is 6.54 Å². The second kappa shape index (κ2) is 6.48. The first-order valence-corrected chi connectivity index (χ1v) is 6.65. The average Bonchev–Trinajstić information content (AvgIpc) is 2.26. The van der Waals surface area contributed by atoms with Crippen LogP contribution < -0.4 is 5.32 Å². The van der Waals surface area contributed by atoms with Crippen LogP contribution in [0.3, 0.4) is 0 Å². The zero-order valence-electron chi connectivity index (χ0n) is 9.21. The average molecular weight is 278 g/mol. The molecule has 1 fully saturated rings. The van der Waals surface area contributed by atoms with Gasteiger partial charge in [-0.1, -0.05) is 22.9 Å². The highest BCUT2D eigenvalue weighted by Crippen LogP contribution is 2.23. The Balaban J connectivity index is 2.17. The Morgan fingerprint density at radius 2 is 2.07 bits per heavy atom. The van der Waals surface area contributed by atoms with Crippen LogP contribution in [0.2, 0.25) is 0 Å². The van der Waals surface area contributed by atoms with E-state index >= 15 is 0 Å². The summed E-state index contributed by atoms with van der Waals surface area (Å²) in [7, 11) is 0. The lowest BCUT2D eigenvalue weighted by Crippen LogP contribution is -2.36. The minimum Gasteiger partial charge on any atom is -0.393 e. The van der Waals surface area contributed by atoms with Crippen LogP contribution in [0.5, 0.6) is 0 Å². The topological polar surface area (TPSA) is 49.3 Å². The molecule has 0 spiro atoms. The molecule has 0 aromatic heterocycles. The van der Waals surface area contributed by atoms with Crippen LogP contribution in [0.15, 0.2) is 0 Å². The first-order chi connectivity index (χ1) is 7.13. The van der Waals surface area contributed by atoms with Crippen LogP contribution in [0, 0.1) is 5.92 Å². The van der Waals surface area contributed by atoms with Gasteiger partial charge in [0.05, 0.1) is 10.9 Å². The summed E-state index contributed by atoms with van der Waals surface area (Å²) in [6.07, 6.45) is 4.52. The molecule has 88 valence electrons. The molecule has 1 aliphatic carbocycles. The van der Waals surface area contributed by atoms with Crippen molar-refractivity contribution in [3.8, 4) is 0 Å². The summed E-state index contributed by atoms with van der Waals surface area (Å²) in [5, 5.41) is 12.3. The molecule has 0 radical (unpaired) electrons. The number of rotatable bonds is 4. The van der Waals surface area contributed by atoms with Crippen molar-refractivity contribution in [1.29, 1.82) is 0 Å². The van der Waals surface area contributed by atoms with E-state index in [9.17, 15) is 9.90 Å². The van der Waals surface area contributed by atoms with E-state index in [2.05, 4.69) is 21.2 Å². The van der Waals surface area contributed by atoms with Crippen molar-refractivity contribution in [2.45, 2.75) is 50.0 Å². The Morgan fingerprint density at radius 1 is 1.47 bits per heavy atom. The fraction of sp³-hybridized carbons (Fsp3) is 0.909. The van der Waals surface area contributed by atoms with Gasteiger partial charge in [0.25, 0.3) is 0 Å². The number of nitrogens with one attached hydrogen (secondary N) is 1. The summed E-state index contributed by atoms with van der Waals surface area (Å²) in [5.41, 5.74) is 0. The van der Waals surface area contributed by atoms with Crippen LogP contribution >= 0.6 is 15.9 Å². The lowest BCUT2D eigenvalue weighted by molar-refractivity contribution is -0.120. The largest absolute Gasteiger partial charge is 0.393 e. The Morgan fingerprint density at radius 3 is 2.60 bits per heavy atom. The second-order valence-electron chi connectivity index (χ2n) is 4.30. The zero-order chi connectivity index (χ0) is 11.3. The number of halogens is 1. The van der Waals surface area contributed by atoms with Gasteiger partial charge in [-0.2, -0.15) is 0 Å². The standard InChI is InChI=1S/C11H20BrNO2/c1-2-10(12)11(15)13-7-8-3-5-9(14)6-4-8/h8-10,14H,2-7H2,1H3,(H,13,15). The maximum Gasteiger partial charge on any atom is 0.233 e. The number of aliphatic hydroxyl groups excluding tert-OH is 1. The number of aliphatic hydroxyl groups is 1. The maximum atomic E-state index is 11.5. The normalized spacial score (nSPS) is 28.5. The fourth-order valence-corrected chi connectivity index (χ4v) is 2.05. The van der Waals surface area contributed by atoms with E-state index in [1.54, 1.807) is 0 Å². The predicted octanol–water partition coefficient (Wildman–Crippen LogP) is 1.83. The molecule has 0 aromatic carbocycles. The van der Waals surface area contributed by atoms with Crippen LogP contribution in [0.1, 0.15) is 39.0 Å². The van der Waals surface area contributed by atoms with E-state index in [0.29, 0.717) is 5.92 Å². The highest BCUT2D eigenvalue weighted by molar-refractivity contribution is 9.10. The Bertz CT molecular complexity index is 203. The fourth-order valence-electron chi connectivity index (χ4n) is 1.89. The van der Waals surface area contributed by atoms with Crippen LogP contribution in [-0.4, -0.2) is 28.5 Å². The number of carbonyl (C=O) groups excluding carboxylic acids is 1. The molecule has 1 aliphatic rings. The van der Waals surface area contributed by atoms with Gasteiger partial charge in [-0.15, -0.1) is 0 Å². The van der Waals surface area contributed by atoms with Gasteiger partial charge in [0, 0.05) is 6.54 Å². The molecule has 1 saturated carbocycles. The zero-order valence-corrected chi connectivity index (χ0v) is 10.8. The van der Waals surface area contributed by atoms with Crippen LogP contribution in [-0.2, 0) is 4.79 Å². The van der Waals surface area contributed by atoms with Gasteiger partial charge in [-0.25, -0.2) is 0 Å². The van der Waals surface area contributed by atoms with Gasteiger partial charge < -0.3 is 10.4 Å². The lowest BCUT2D eigenvalue weighted by atomic mass is 9.87. The number of alkyl halides is 1. The third-order valence-electron chi connectivity index (χ3n) is 3.02. The summed E-state index contributed by atoms with van der Waals surface area (Å²) in [4.78, 5) is 11.4. The number of hydrogen-bond donors (Lipinski definition) is 2. The molecule has 1 unspecified atom stereocenters. The van der Waals surface area contributed by atoms with Crippen LogP contribution in [0.4, 0.5) is 0 Å². The molecule has 3 nitrogen and oxygen atoms in total. The Hall–Kier alpha value is -0.0900. The van der Waals surface area contributed by atoms with E-state index in [-0.39, 0.29) is 16.8 Å². The van der Waals surface area contributed by atoms with E-state index in [1.807, 2.05) is 6.92 Å². The maximum absolute atomic E-state index is 11.5. The molecule has 1 rings (SSSR count). The molecule has 0 aromatic rings. The minimum absolute atomic E-state index is 0.0633. The van der Waals surface area contributed by atoms with Crippen molar-refractivity contribution < 1.29 is 9.90 Å². The molecule has 0 aliphatic heterocycles.